The molecule has 1 N–H and O–H groups in total. The molecule has 1 heterocycles. The third-order valence-electron chi connectivity index (χ3n) is 5.34. The maximum Gasteiger partial charge on any atom is 0.273 e. The second-order valence-corrected chi connectivity index (χ2v) is 8.92. The van der Waals surface area contributed by atoms with Crippen LogP contribution < -0.4 is 20.1 Å². The molecule has 33 heavy (non-hydrogen) atoms. The Morgan fingerprint density at radius 3 is 2.45 bits per heavy atom. The summed E-state index contributed by atoms with van der Waals surface area (Å²) in [6.07, 6.45) is 1.83. The zero-order valence-corrected chi connectivity index (χ0v) is 20.3. The Kier molecular flexibility index (Phi) is 7.64. The normalized spacial score (nSPS) is 12.4. The molecule has 3 aromatic rings. The number of methoxy groups -OCH3 is 1. The molecule has 170 valence electrons. The van der Waals surface area contributed by atoms with Crippen molar-refractivity contribution < 1.29 is 9.53 Å². The number of hydrogen-bond acceptors (Lipinski definition) is 5. The van der Waals surface area contributed by atoms with Gasteiger partial charge < -0.3 is 10.1 Å². The Bertz CT molecular complexity index is 1400. The number of carbonyl (C=O) groups excluding carboxylic acids is 1. The van der Waals surface area contributed by atoms with E-state index in [1.807, 2.05) is 70.2 Å². The topological polar surface area (TPSA) is 84.1 Å². The summed E-state index contributed by atoms with van der Waals surface area (Å²) in [6.45, 7) is 8.42. The molecule has 0 fully saturated rings. The molecule has 0 aliphatic rings. The minimum Gasteiger partial charge on any atom is -0.383 e. The standard InChI is InChI=1S/C26H27N3O3S/c1-16-9-10-20(19(4)13-16)14-22-25(31)29(23-17(2)7-6-8-18(23)3)26(33-22)21(15-27)24(30)28-11-12-32-5/h6-10,13-14H,11-12H2,1-5H3,(H,28,30)/b22-14-,26-21-. The molecule has 0 aliphatic heterocycles. The van der Waals surface area contributed by atoms with Gasteiger partial charge in [-0.05, 0) is 56.0 Å². The molecule has 1 aromatic heterocycles. The van der Waals surface area contributed by atoms with Crippen LogP contribution in [0.15, 0.2) is 41.2 Å². The summed E-state index contributed by atoms with van der Waals surface area (Å²) in [6, 6.07) is 13.8. The van der Waals surface area contributed by atoms with Gasteiger partial charge in [-0.2, -0.15) is 5.26 Å². The number of benzene rings is 2. The Morgan fingerprint density at radius 1 is 1.15 bits per heavy atom. The van der Waals surface area contributed by atoms with Crippen molar-refractivity contribution in [2.75, 3.05) is 20.3 Å². The molecule has 7 heteroatoms. The van der Waals surface area contributed by atoms with Gasteiger partial charge in [0.25, 0.3) is 11.5 Å². The van der Waals surface area contributed by atoms with Crippen LogP contribution in [-0.2, 0) is 9.53 Å². The number of nitrogens with one attached hydrogen (secondary N) is 1. The lowest BCUT2D eigenvalue weighted by molar-refractivity contribution is -0.115. The number of nitrogens with zero attached hydrogens (tertiary/aromatic N) is 2. The molecule has 0 spiro atoms. The van der Waals surface area contributed by atoms with Crippen LogP contribution in [-0.4, -0.2) is 30.7 Å². The predicted octanol–water partition coefficient (Wildman–Crippen LogP) is 2.40. The molecule has 0 aliphatic carbocycles. The number of thiazole rings is 1. The van der Waals surface area contributed by atoms with E-state index in [0.29, 0.717) is 21.5 Å². The van der Waals surface area contributed by atoms with Crippen molar-refractivity contribution in [3.63, 3.8) is 0 Å². The summed E-state index contributed by atoms with van der Waals surface area (Å²) in [7, 11) is 1.54. The van der Waals surface area contributed by atoms with Gasteiger partial charge in [-0.15, -0.1) is 11.3 Å². The monoisotopic (exact) mass is 461 g/mol. The highest BCUT2D eigenvalue weighted by atomic mass is 32.1. The molecule has 0 saturated carbocycles. The van der Waals surface area contributed by atoms with Gasteiger partial charge in [-0.25, -0.2) is 0 Å². The second-order valence-electron chi connectivity index (χ2n) is 7.89. The molecule has 2 aromatic carbocycles. The van der Waals surface area contributed by atoms with E-state index in [0.717, 1.165) is 39.2 Å². The Labute approximate surface area is 197 Å². The van der Waals surface area contributed by atoms with E-state index < -0.39 is 5.91 Å². The number of ether oxygens (including phenoxy) is 1. The Hall–Kier alpha value is -3.47. The number of rotatable bonds is 6. The van der Waals surface area contributed by atoms with Gasteiger partial charge in [0, 0.05) is 13.7 Å². The van der Waals surface area contributed by atoms with Gasteiger partial charge >= 0.3 is 0 Å². The highest BCUT2D eigenvalue weighted by Crippen LogP contribution is 2.16. The lowest BCUT2D eigenvalue weighted by atomic mass is 10.1. The van der Waals surface area contributed by atoms with Crippen LogP contribution in [0.4, 0.5) is 0 Å². The Balaban J connectivity index is 2.38. The van der Waals surface area contributed by atoms with Crippen LogP contribution in [0.3, 0.4) is 0 Å². The molecule has 0 radical (unpaired) electrons. The molecular weight excluding hydrogens is 434 g/mol. The summed E-state index contributed by atoms with van der Waals surface area (Å²) in [5.41, 5.74) is 5.19. The molecule has 3 rings (SSSR count). The number of nitriles is 1. The van der Waals surface area contributed by atoms with E-state index in [9.17, 15) is 14.9 Å². The molecule has 0 bridgehead atoms. The van der Waals surface area contributed by atoms with Crippen molar-refractivity contribution in [2.24, 2.45) is 0 Å². The molecule has 6 nitrogen and oxygen atoms in total. The maximum absolute atomic E-state index is 13.6. The smallest absolute Gasteiger partial charge is 0.273 e. The van der Waals surface area contributed by atoms with Crippen LogP contribution in [0.5, 0.6) is 0 Å². The van der Waals surface area contributed by atoms with E-state index in [4.69, 9.17) is 4.74 Å². The highest BCUT2D eigenvalue weighted by Gasteiger charge is 2.18. The molecule has 0 saturated heterocycles. The molecule has 0 unspecified atom stereocenters. The van der Waals surface area contributed by atoms with E-state index in [1.54, 1.807) is 0 Å². The van der Waals surface area contributed by atoms with Gasteiger partial charge in [0.1, 0.15) is 10.7 Å². The second kappa shape index (κ2) is 10.4. The van der Waals surface area contributed by atoms with Crippen molar-refractivity contribution in [3.8, 4) is 11.8 Å². The molecular formula is C26H27N3O3S. The van der Waals surface area contributed by atoms with Crippen LogP contribution in [0, 0.1) is 39.0 Å². The maximum atomic E-state index is 13.6. The van der Waals surface area contributed by atoms with Gasteiger partial charge in [0.15, 0.2) is 5.57 Å². The SMILES string of the molecule is COCCNC(=O)/C(C#N)=c1\s/c(=C\c2ccc(C)cc2C)c(=O)n1-c1c(C)cccc1C. The van der Waals surface area contributed by atoms with Crippen LogP contribution in [0.2, 0.25) is 0 Å². The first kappa shape index (κ1) is 24.2. The first-order valence-electron chi connectivity index (χ1n) is 10.6. The number of hydrogen-bond donors (Lipinski definition) is 1. The average Bonchev–Trinajstić information content (AvgIpc) is 3.06. The van der Waals surface area contributed by atoms with Crippen molar-refractivity contribution in [1.29, 1.82) is 5.26 Å². The quantitative estimate of drug-likeness (QED) is 0.572. The number of carbonyl (C=O) groups is 1. The van der Waals surface area contributed by atoms with Crippen LogP contribution >= 0.6 is 11.3 Å². The number of aromatic nitrogens is 1. The fraction of sp³-hybridized carbons (Fsp3) is 0.269. The lowest BCUT2D eigenvalue weighted by Gasteiger charge is -2.11. The third kappa shape index (κ3) is 5.14. The van der Waals surface area contributed by atoms with Crippen molar-refractivity contribution in [1.82, 2.24) is 9.88 Å². The summed E-state index contributed by atoms with van der Waals surface area (Å²) in [4.78, 5) is 26.5. The van der Waals surface area contributed by atoms with Crippen molar-refractivity contribution in [3.05, 3.63) is 83.8 Å². The number of amides is 1. The zero-order valence-electron chi connectivity index (χ0n) is 19.5. The summed E-state index contributed by atoms with van der Waals surface area (Å²) in [5.74, 6) is -0.533. The van der Waals surface area contributed by atoms with Crippen LogP contribution in [0.25, 0.3) is 17.3 Å². The summed E-state index contributed by atoms with van der Waals surface area (Å²) in [5, 5.41) is 12.6. The first-order chi connectivity index (χ1) is 15.8. The van der Waals surface area contributed by atoms with Crippen molar-refractivity contribution >= 4 is 28.9 Å². The van der Waals surface area contributed by atoms with Gasteiger partial charge in [-0.3, -0.25) is 14.2 Å². The van der Waals surface area contributed by atoms with E-state index in [2.05, 4.69) is 11.4 Å². The minimum absolute atomic E-state index is 0.101. The molecule has 0 atom stereocenters. The van der Waals surface area contributed by atoms with Gasteiger partial charge in [-0.1, -0.05) is 42.0 Å². The largest absolute Gasteiger partial charge is 0.383 e. The van der Waals surface area contributed by atoms with Gasteiger partial charge in [0.05, 0.1) is 16.8 Å². The average molecular weight is 462 g/mol. The van der Waals surface area contributed by atoms with Crippen molar-refractivity contribution in [2.45, 2.75) is 27.7 Å². The van der Waals surface area contributed by atoms with E-state index in [1.165, 1.54) is 11.7 Å². The number of aryl methyl sites for hydroxylation is 4. The third-order valence-corrected chi connectivity index (χ3v) is 6.44. The fourth-order valence-electron chi connectivity index (χ4n) is 3.69. The van der Waals surface area contributed by atoms with E-state index in [-0.39, 0.29) is 17.7 Å². The lowest BCUT2D eigenvalue weighted by Crippen LogP contribution is -2.35. The number of para-hydroxylation sites is 1. The predicted molar refractivity (Wildman–Crippen MR) is 132 cm³/mol. The van der Waals surface area contributed by atoms with Crippen LogP contribution in [0.1, 0.15) is 27.8 Å². The zero-order chi connectivity index (χ0) is 24.1. The highest BCUT2D eigenvalue weighted by molar-refractivity contribution is 7.07. The van der Waals surface area contributed by atoms with Gasteiger partial charge in [0.2, 0.25) is 0 Å². The molecule has 1 amide bonds. The minimum atomic E-state index is -0.533. The first-order valence-corrected chi connectivity index (χ1v) is 11.4. The van der Waals surface area contributed by atoms with E-state index >= 15 is 0 Å². The Morgan fingerprint density at radius 2 is 1.85 bits per heavy atom. The fourth-order valence-corrected chi connectivity index (χ4v) is 4.77. The summed E-state index contributed by atoms with van der Waals surface area (Å²) < 4.78 is 7.25. The summed E-state index contributed by atoms with van der Waals surface area (Å²) >= 11 is 1.15.